The summed E-state index contributed by atoms with van der Waals surface area (Å²) in [6.07, 6.45) is 4.35. The van der Waals surface area contributed by atoms with Gasteiger partial charge in [0, 0.05) is 23.4 Å². The molecule has 0 radical (unpaired) electrons. The fourth-order valence-corrected chi connectivity index (χ4v) is 2.32. The van der Waals surface area contributed by atoms with E-state index in [4.69, 9.17) is 4.42 Å². The fraction of sp³-hybridized carbons (Fsp3) is 0.294. The molecule has 1 N–H and O–H groups in total. The van der Waals surface area contributed by atoms with E-state index in [0.717, 1.165) is 35.1 Å². The Morgan fingerprint density at radius 2 is 2.24 bits per heavy atom. The first-order valence-corrected chi connectivity index (χ1v) is 7.16. The van der Waals surface area contributed by atoms with Crippen molar-refractivity contribution in [1.82, 2.24) is 5.32 Å². The molecule has 1 fully saturated rings. The minimum atomic E-state index is -0.299. The van der Waals surface area contributed by atoms with E-state index >= 15 is 0 Å². The van der Waals surface area contributed by atoms with Crippen LogP contribution in [0.15, 0.2) is 34.3 Å². The van der Waals surface area contributed by atoms with Crippen molar-refractivity contribution in [2.45, 2.75) is 32.2 Å². The van der Waals surface area contributed by atoms with Gasteiger partial charge in [-0.3, -0.25) is 4.79 Å². The number of hydrogen-bond acceptors (Lipinski definition) is 3. The molecule has 106 valence electrons. The summed E-state index contributed by atoms with van der Waals surface area (Å²) in [6, 6.07) is 9.89. The Morgan fingerprint density at radius 1 is 1.48 bits per heavy atom. The number of furan rings is 1. The van der Waals surface area contributed by atoms with Gasteiger partial charge in [-0.25, -0.2) is 0 Å². The second kappa shape index (κ2) is 5.45. The topological polar surface area (TPSA) is 66.0 Å². The highest BCUT2D eigenvalue weighted by Crippen LogP contribution is 2.28. The van der Waals surface area contributed by atoms with E-state index in [1.54, 1.807) is 6.08 Å². The maximum Gasteiger partial charge on any atom is 0.262 e. The summed E-state index contributed by atoms with van der Waals surface area (Å²) in [5.74, 6) is 0.496. The number of rotatable bonds is 4. The lowest BCUT2D eigenvalue weighted by molar-refractivity contribution is -0.117. The Bertz CT molecular complexity index is 761. The second-order valence-electron chi connectivity index (χ2n) is 5.21. The van der Waals surface area contributed by atoms with Gasteiger partial charge in [-0.15, -0.1) is 0 Å². The van der Waals surface area contributed by atoms with Crippen LogP contribution in [0.5, 0.6) is 0 Å². The average molecular weight is 280 g/mol. The summed E-state index contributed by atoms with van der Waals surface area (Å²) < 4.78 is 5.78. The van der Waals surface area contributed by atoms with Crippen LogP contribution in [0.2, 0.25) is 0 Å². The third kappa shape index (κ3) is 2.68. The van der Waals surface area contributed by atoms with E-state index < -0.39 is 0 Å². The van der Waals surface area contributed by atoms with Gasteiger partial charge in [0.1, 0.15) is 23.0 Å². The highest BCUT2D eigenvalue weighted by Gasteiger charge is 2.25. The minimum absolute atomic E-state index is 0.128. The fourth-order valence-electron chi connectivity index (χ4n) is 2.32. The lowest BCUT2D eigenvalue weighted by atomic mass is 10.1. The van der Waals surface area contributed by atoms with Crippen molar-refractivity contribution in [3.05, 3.63) is 41.2 Å². The number of nitriles is 1. The Hall–Kier alpha value is -2.54. The molecule has 1 aromatic heterocycles. The molecule has 4 heteroatoms. The van der Waals surface area contributed by atoms with Crippen LogP contribution < -0.4 is 5.32 Å². The smallest absolute Gasteiger partial charge is 0.262 e. The minimum Gasteiger partial charge on any atom is -0.460 e. The van der Waals surface area contributed by atoms with Gasteiger partial charge in [-0.1, -0.05) is 25.1 Å². The van der Waals surface area contributed by atoms with E-state index in [2.05, 4.69) is 5.32 Å². The van der Waals surface area contributed by atoms with Crippen molar-refractivity contribution in [3.8, 4) is 6.07 Å². The number of fused-ring (bicyclic) bond motifs is 1. The quantitative estimate of drug-likeness (QED) is 0.691. The monoisotopic (exact) mass is 280 g/mol. The summed E-state index contributed by atoms with van der Waals surface area (Å²) in [5.41, 5.74) is 1.74. The maximum absolute atomic E-state index is 12.1. The number of aryl methyl sites for hydroxylation is 1. The van der Waals surface area contributed by atoms with Gasteiger partial charge >= 0.3 is 0 Å². The number of amides is 1. The number of nitrogens with one attached hydrogen (secondary N) is 1. The summed E-state index contributed by atoms with van der Waals surface area (Å²) in [7, 11) is 0. The van der Waals surface area contributed by atoms with Crippen molar-refractivity contribution in [1.29, 1.82) is 5.26 Å². The van der Waals surface area contributed by atoms with Gasteiger partial charge in [0.15, 0.2) is 0 Å². The van der Waals surface area contributed by atoms with Crippen molar-refractivity contribution < 1.29 is 9.21 Å². The van der Waals surface area contributed by atoms with Gasteiger partial charge in [-0.2, -0.15) is 5.26 Å². The molecule has 1 aromatic carbocycles. The summed E-state index contributed by atoms with van der Waals surface area (Å²) >= 11 is 0. The maximum atomic E-state index is 12.1. The Labute approximate surface area is 123 Å². The van der Waals surface area contributed by atoms with Crippen LogP contribution in [0, 0.1) is 11.3 Å². The van der Waals surface area contributed by atoms with Crippen LogP contribution in [0.4, 0.5) is 0 Å². The van der Waals surface area contributed by atoms with Crippen molar-refractivity contribution in [3.63, 3.8) is 0 Å². The third-order valence-corrected chi connectivity index (χ3v) is 3.60. The predicted octanol–water partition coefficient (Wildman–Crippen LogP) is 3.18. The normalized spacial score (nSPS) is 15.0. The SMILES string of the molecule is CCc1oc2ccccc2c1C=C(C#N)C(=O)NC1CC1. The molecule has 2 aromatic rings. The molecule has 3 rings (SSSR count). The highest BCUT2D eigenvalue weighted by molar-refractivity contribution is 6.04. The largest absolute Gasteiger partial charge is 0.460 e. The molecule has 0 spiro atoms. The van der Waals surface area contributed by atoms with Crippen LogP contribution in [0.1, 0.15) is 31.1 Å². The van der Waals surface area contributed by atoms with E-state index in [1.165, 1.54) is 0 Å². The van der Waals surface area contributed by atoms with Gasteiger partial charge in [0.05, 0.1) is 0 Å². The van der Waals surface area contributed by atoms with E-state index in [9.17, 15) is 10.1 Å². The van der Waals surface area contributed by atoms with Gasteiger partial charge in [0.25, 0.3) is 5.91 Å². The summed E-state index contributed by atoms with van der Waals surface area (Å²) in [6.45, 7) is 1.99. The first-order valence-electron chi connectivity index (χ1n) is 7.16. The first-order chi connectivity index (χ1) is 10.2. The molecule has 1 heterocycles. The molecular weight excluding hydrogens is 264 g/mol. The Balaban J connectivity index is 2.03. The van der Waals surface area contributed by atoms with Crippen molar-refractivity contribution >= 4 is 23.0 Å². The summed E-state index contributed by atoms with van der Waals surface area (Å²) in [4.78, 5) is 12.1. The molecule has 1 saturated carbocycles. The van der Waals surface area contributed by atoms with Crippen molar-refractivity contribution in [2.24, 2.45) is 0 Å². The van der Waals surface area contributed by atoms with Gasteiger partial charge in [0.2, 0.25) is 0 Å². The van der Waals surface area contributed by atoms with Crippen LogP contribution in [0.25, 0.3) is 17.0 Å². The standard InChI is InChI=1S/C17H16N2O2/c1-2-15-14(13-5-3-4-6-16(13)21-15)9-11(10-18)17(20)19-12-7-8-12/h3-6,9,12H,2,7-8H2,1H3,(H,19,20). The molecule has 4 nitrogen and oxygen atoms in total. The molecule has 0 unspecified atom stereocenters. The van der Waals surface area contributed by atoms with Gasteiger partial charge in [-0.05, 0) is 25.0 Å². The zero-order chi connectivity index (χ0) is 14.8. The molecule has 1 amide bonds. The molecule has 0 atom stereocenters. The average Bonchev–Trinajstić information content (AvgIpc) is 3.24. The van der Waals surface area contributed by atoms with E-state index in [-0.39, 0.29) is 17.5 Å². The Kier molecular flexibility index (Phi) is 3.49. The van der Waals surface area contributed by atoms with Gasteiger partial charge < -0.3 is 9.73 Å². The van der Waals surface area contributed by atoms with Crippen LogP contribution >= 0.6 is 0 Å². The predicted molar refractivity (Wildman–Crippen MR) is 80.3 cm³/mol. The van der Waals surface area contributed by atoms with Crippen molar-refractivity contribution in [2.75, 3.05) is 0 Å². The van der Waals surface area contributed by atoms with E-state index in [1.807, 2.05) is 37.3 Å². The summed E-state index contributed by atoms with van der Waals surface area (Å²) in [5, 5.41) is 13.0. The number of nitrogens with zero attached hydrogens (tertiary/aromatic N) is 1. The first kappa shape index (κ1) is 13.4. The number of hydrogen-bond donors (Lipinski definition) is 1. The third-order valence-electron chi connectivity index (χ3n) is 3.60. The number of carbonyl (C=O) groups excluding carboxylic acids is 1. The molecular formula is C17H16N2O2. The number of carbonyl (C=O) groups is 1. The number of benzene rings is 1. The van der Waals surface area contributed by atoms with Crippen LogP contribution in [0.3, 0.4) is 0 Å². The number of para-hydroxylation sites is 1. The van der Waals surface area contributed by atoms with Crippen LogP contribution in [-0.4, -0.2) is 11.9 Å². The zero-order valence-corrected chi connectivity index (χ0v) is 11.8. The lowest BCUT2D eigenvalue weighted by Gasteiger charge is -2.01. The molecule has 21 heavy (non-hydrogen) atoms. The molecule has 0 saturated heterocycles. The lowest BCUT2D eigenvalue weighted by Crippen LogP contribution is -2.26. The molecule has 0 aliphatic heterocycles. The highest BCUT2D eigenvalue weighted by atomic mass is 16.3. The Morgan fingerprint density at radius 3 is 2.90 bits per heavy atom. The molecule has 1 aliphatic rings. The molecule has 0 bridgehead atoms. The molecule has 1 aliphatic carbocycles. The second-order valence-corrected chi connectivity index (χ2v) is 5.21. The zero-order valence-electron chi connectivity index (χ0n) is 11.8. The van der Waals surface area contributed by atoms with E-state index in [0.29, 0.717) is 6.42 Å². The van der Waals surface area contributed by atoms with Crippen LogP contribution in [-0.2, 0) is 11.2 Å².